The van der Waals surface area contributed by atoms with Crippen LogP contribution in [0.15, 0.2) is 47.6 Å². The maximum Gasteiger partial charge on any atom is 0.573 e. The molecule has 0 aromatic heterocycles. The number of ether oxygens (including phenoxy) is 2. The number of hydrazone groups is 1. The molecule has 1 aliphatic heterocycles. The van der Waals surface area contributed by atoms with Crippen molar-refractivity contribution >= 4 is 17.3 Å². The number of nitrogens with two attached hydrogens (primary N) is 1. The van der Waals surface area contributed by atoms with Crippen LogP contribution in [0.5, 0.6) is 11.5 Å². The van der Waals surface area contributed by atoms with Gasteiger partial charge in [-0.2, -0.15) is 5.10 Å². The van der Waals surface area contributed by atoms with Crippen molar-refractivity contribution in [2.24, 2.45) is 5.10 Å². The average molecular weight is 393 g/mol. The molecule has 0 fully saturated rings. The number of nitrogen functional groups attached to an aromatic ring is 1. The first-order chi connectivity index (χ1) is 13.3. The summed E-state index contributed by atoms with van der Waals surface area (Å²) in [4.78, 5) is 12.6. The number of rotatable bonds is 4. The minimum Gasteiger partial charge on any atom is -0.493 e. The predicted molar refractivity (Wildman–Crippen MR) is 97.3 cm³/mol. The van der Waals surface area contributed by atoms with Gasteiger partial charge in [0.25, 0.3) is 5.91 Å². The lowest BCUT2D eigenvalue weighted by molar-refractivity contribution is -0.275. The van der Waals surface area contributed by atoms with Crippen LogP contribution in [0.25, 0.3) is 0 Å². The van der Waals surface area contributed by atoms with E-state index in [-0.39, 0.29) is 11.7 Å². The molecule has 0 atom stereocenters. The van der Waals surface area contributed by atoms with E-state index in [1.807, 2.05) is 0 Å². The highest BCUT2D eigenvalue weighted by atomic mass is 19.4. The molecule has 0 aliphatic carbocycles. The van der Waals surface area contributed by atoms with Crippen molar-refractivity contribution in [3.05, 3.63) is 53.6 Å². The summed E-state index contributed by atoms with van der Waals surface area (Å²) in [6.07, 6.45) is -3.71. The summed E-state index contributed by atoms with van der Waals surface area (Å²) in [7, 11) is 1.25. The number of hydrogen-bond donors (Lipinski definition) is 1. The highest BCUT2D eigenvalue weighted by Crippen LogP contribution is 2.33. The number of halogens is 3. The number of anilines is 1. The molecule has 0 spiro atoms. The molecule has 1 heterocycles. The molecule has 0 bridgehead atoms. The highest BCUT2D eigenvalue weighted by Gasteiger charge is 2.33. The van der Waals surface area contributed by atoms with Crippen molar-refractivity contribution in [1.29, 1.82) is 0 Å². The summed E-state index contributed by atoms with van der Waals surface area (Å²) >= 11 is 0. The van der Waals surface area contributed by atoms with Crippen LogP contribution in [0.4, 0.5) is 18.9 Å². The fourth-order valence-corrected chi connectivity index (χ4v) is 2.83. The molecule has 0 saturated heterocycles. The molecular weight excluding hydrogens is 375 g/mol. The molecule has 1 amide bonds. The number of carbonyl (C=O) groups is 1. The second-order valence-corrected chi connectivity index (χ2v) is 6.11. The molecule has 148 valence electrons. The third-order valence-corrected chi connectivity index (χ3v) is 4.14. The van der Waals surface area contributed by atoms with Gasteiger partial charge in [0, 0.05) is 23.4 Å². The van der Waals surface area contributed by atoms with Gasteiger partial charge in [0.1, 0.15) is 0 Å². The summed E-state index contributed by atoms with van der Waals surface area (Å²) in [5, 5.41) is 5.64. The third-order valence-electron chi connectivity index (χ3n) is 4.14. The highest BCUT2D eigenvalue weighted by molar-refractivity contribution is 6.03. The molecule has 0 radical (unpaired) electrons. The van der Waals surface area contributed by atoms with Gasteiger partial charge in [0.15, 0.2) is 11.5 Å². The summed E-state index contributed by atoms with van der Waals surface area (Å²) in [5.41, 5.74) is 7.51. The Morgan fingerprint density at radius 3 is 2.50 bits per heavy atom. The molecule has 3 rings (SSSR count). The molecule has 6 nitrogen and oxygen atoms in total. The van der Waals surface area contributed by atoms with E-state index in [4.69, 9.17) is 10.5 Å². The standard InChI is InChI=1S/C19H18F3N3O3/c1-27-16-9-6-13(11-17(16)28-19(20,21)22)15-3-2-10-25(24-15)18(26)12-4-7-14(23)8-5-12/h4-9,11H,2-3,10,23H2,1H3. The Kier molecular flexibility index (Phi) is 5.43. The van der Waals surface area contributed by atoms with E-state index in [1.165, 1.54) is 24.3 Å². The van der Waals surface area contributed by atoms with Crippen molar-refractivity contribution in [3.8, 4) is 11.5 Å². The van der Waals surface area contributed by atoms with Crippen LogP contribution in [0.1, 0.15) is 28.8 Å². The van der Waals surface area contributed by atoms with Crippen molar-refractivity contribution in [3.63, 3.8) is 0 Å². The first kappa shape index (κ1) is 19.5. The van der Waals surface area contributed by atoms with Crippen LogP contribution < -0.4 is 15.2 Å². The van der Waals surface area contributed by atoms with E-state index in [9.17, 15) is 18.0 Å². The fourth-order valence-electron chi connectivity index (χ4n) is 2.83. The lowest BCUT2D eigenvalue weighted by atomic mass is 10.0. The number of carbonyl (C=O) groups excluding carboxylic acids is 1. The summed E-state index contributed by atoms with van der Waals surface area (Å²) < 4.78 is 46.9. The Morgan fingerprint density at radius 2 is 1.86 bits per heavy atom. The zero-order valence-corrected chi connectivity index (χ0v) is 15.0. The molecule has 28 heavy (non-hydrogen) atoms. The number of methoxy groups -OCH3 is 1. The normalized spacial score (nSPS) is 14.4. The first-order valence-corrected chi connectivity index (χ1v) is 8.46. The second kappa shape index (κ2) is 7.79. The van der Waals surface area contributed by atoms with Crippen LogP contribution in [-0.2, 0) is 0 Å². The van der Waals surface area contributed by atoms with E-state index in [2.05, 4.69) is 9.84 Å². The monoisotopic (exact) mass is 393 g/mol. The predicted octanol–water partition coefficient (Wildman–Crippen LogP) is 3.82. The topological polar surface area (TPSA) is 77.2 Å². The van der Waals surface area contributed by atoms with E-state index in [1.54, 1.807) is 30.3 Å². The fraction of sp³-hybridized carbons (Fsp3) is 0.263. The molecule has 9 heteroatoms. The van der Waals surface area contributed by atoms with Crippen LogP contribution in [0, 0.1) is 0 Å². The van der Waals surface area contributed by atoms with Crippen LogP contribution in [-0.4, -0.2) is 36.6 Å². The van der Waals surface area contributed by atoms with Crippen LogP contribution in [0.2, 0.25) is 0 Å². The number of alkyl halides is 3. The van der Waals surface area contributed by atoms with Gasteiger partial charge in [-0.25, -0.2) is 5.01 Å². The molecule has 1 aliphatic rings. The van der Waals surface area contributed by atoms with Gasteiger partial charge < -0.3 is 15.2 Å². The van der Waals surface area contributed by atoms with Crippen molar-refractivity contribution < 1.29 is 27.4 Å². The first-order valence-electron chi connectivity index (χ1n) is 8.46. The van der Waals surface area contributed by atoms with Crippen LogP contribution >= 0.6 is 0 Å². The largest absolute Gasteiger partial charge is 0.573 e. The Hall–Kier alpha value is -3.23. The minimum absolute atomic E-state index is 0.0488. The van der Waals surface area contributed by atoms with Gasteiger partial charge in [-0.3, -0.25) is 4.79 Å². The van der Waals surface area contributed by atoms with E-state index < -0.39 is 12.1 Å². The lowest BCUT2D eigenvalue weighted by Crippen LogP contribution is -2.32. The quantitative estimate of drug-likeness (QED) is 0.802. The van der Waals surface area contributed by atoms with Gasteiger partial charge >= 0.3 is 6.36 Å². The van der Waals surface area contributed by atoms with E-state index in [0.29, 0.717) is 41.9 Å². The summed E-state index contributed by atoms with van der Waals surface area (Å²) in [5.74, 6) is -0.818. The number of benzene rings is 2. The maximum atomic E-state index is 12.6. The molecular formula is C19H18F3N3O3. The Bertz CT molecular complexity index is 896. The zero-order chi connectivity index (χ0) is 20.3. The maximum absolute atomic E-state index is 12.6. The zero-order valence-electron chi connectivity index (χ0n) is 15.0. The molecule has 0 unspecified atom stereocenters. The second-order valence-electron chi connectivity index (χ2n) is 6.11. The van der Waals surface area contributed by atoms with Crippen molar-refractivity contribution in [2.75, 3.05) is 19.4 Å². The Balaban J connectivity index is 1.89. The SMILES string of the molecule is COc1ccc(C2=NN(C(=O)c3ccc(N)cc3)CCC2)cc1OC(F)(F)F. The number of hydrogen-bond acceptors (Lipinski definition) is 5. The van der Waals surface area contributed by atoms with Gasteiger partial charge in [-0.15, -0.1) is 13.2 Å². The minimum atomic E-state index is -4.85. The molecule has 2 aromatic carbocycles. The lowest BCUT2D eigenvalue weighted by Gasteiger charge is -2.24. The average Bonchev–Trinajstić information content (AvgIpc) is 2.67. The van der Waals surface area contributed by atoms with Gasteiger partial charge in [0.2, 0.25) is 0 Å². The van der Waals surface area contributed by atoms with Gasteiger partial charge in [-0.1, -0.05) is 0 Å². The molecule has 2 aromatic rings. The van der Waals surface area contributed by atoms with Crippen molar-refractivity contribution in [2.45, 2.75) is 19.2 Å². The van der Waals surface area contributed by atoms with Gasteiger partial charge in [0.05, 0.1) is 12.8 Å². The molecule has 2 N–H and O–H groups in total. The Morgan fingerprint density at radius 1 is 1.14 bits per heavy atom. The van der Waals surface area contributed by atoms with E-state index >= 15 is 0 Å². The smallest absolute Gasteiger partial charge is 0.493 e. The van der Waals surface area contributed by atoms with Crippen molar-refractivity contribution in [1.82, 2.24) is 5.01 Å². The Labute approximate surface area is 159 Å². The third kappa shape index (κ3) is 4.54. The van der Waals surface area contributed by atoms with Crippen LogP contribution in [0.3, 0.4) is 0 Å². The molecule has 0 saturated carbocycles. The van der Waals surface area contributed by atoms with Gasteiger partial charge in [-0.05, 0) is 55.3 Å². The summed E-state index contributed by atoms with van der Waals surface area (Å²) in [6, 6.07) is 10.6. The van der Waals surface area contributed by atoms with E-state index in [0.717, 1.165) is 0 Å². The number of amides is 1. The number of nitrogens with zero attached hydrogens (tertiary/aromatic N) is 2. The summed E-state index contributed by atoms with van der Waals surface area (Å²) in [6.45, 7) is 0.411.